The van der Waals surface area contributed by atoms with E-state index in [2.05, 4.69) is 10.3 Å². The average molecular weight is 337 g/mol. The Morgan fingerprint density at radius 1 is 1.26 bits per heavy atom. The summed E-state index contributed by atoms with van der Waals surface area (Å²) >= 11 is 6.06. The molecule has 0 spiro atoms. The third-order valence-corrected chi connectivity index (χ3v) is 4.31. The SMILES string of the molecule is CC(C)[C@](C)(NC(=O)c1nc(Cl)c2ccccc2c1O)C(=O)O. The minimum atomic E-state index is -1.50. The Morgan fingerprint density at radius 2 is 1.83 bits per heavy atom. The first-order valence-corrected chi connectivity index (χ1v) is 7.39. The lowest BCUT2D eigenvalue weighted by Gasteiger charge is -2.30. The van der Waals surface area contributed by atoms with Gasteiger partial charge in [0.25, 0.3) is 5.91 Å². The minimum Gasteiger partial charge on any atom is -0.505 e. The van der Waals surface area contributed by atoms with Gasteiger partial charge in [0, 0.05) is 10.8 Å². The molecule has 0 bridgehead atoms. The lowest BCUT2D eigenvalue weighted by atomic mass is 9.88. The molecule has 0 saturated carbocycles. The van der Waals surface area contributed by atoms with Crippen LogP contribution < -0.4 is 5.32 Å². The molecule has 0 aliphatic heterocycles. The lowest BCUT2D eigenvalue weighted by molar-refractivity contribution is -0.145. The number of aromatic nitrogens is 1. The van der Waals surface area contributed by atoms with Gasteiger partial charge in [-0.25, -0.2) is 9.78 Å². The zero-order valence-electron chi connectivity index (χ0n) is 12.9. The Hall–Kier alpha value is -2.34. The molecule has 7 heteroatoms. The molecule has 122 valence electrons. The summed E-state index contributed by atoms with van der Waals surface area (Å²) in [5.74, 6) is -2.68. The van der Waals surface area contributed by atoms with Crippen molar-refractivity contribution in [1.82, 2.24) is 10.3 Å². The summed E-state index contributed by atoms with van der Waals surface area (Å²) < 4.78 is 0. The molecule has 1 amide bonds. The van der Waals surface area contributed by atoms with Gasteiger partial charge in [0.1, 0.15) is 10.7 Å². The Bertz CT molecular complexity index is 791. The second-order valence-electron chi connectivity index (χ2n) is 5.76. The molecule has 1 atom stereocenters. The van der Waals surface area contributed by atoms with Gasteiger partial charge in [0.2, 0.25) is 0 Å². The third-order valence-electron chi connectivity index (χ3n) is 4.03. The van der Waals surface area contributed by atoms with Crippen molar-refractivity contribution in [3.63, 3.8) is 0 Å². The maximum absolute atomic E-state index is 12.4. The predicted molar refractivity (Wildman–Crippen MR) is 86.8 cm³/mol. The van der Waals surface area contributed by atoms with Crippen LogP contribution in [0, 0.1) is 5.92 Å². The number of rotatable bonds is 4. The number of nitrogens with zero attached hydrogens (tertiary/aromatic N) is 1. The summed E-state index contributed by atoms with van der Waals surface area (Å²) in [6.07, 6.45) is 0. The molecule has 2 aromatic rings. The minimum absolute atomic E-state index is 0.0603. The maximum atomic E-state index is 12.4. The molecule has 0 saturated heterocycles. The van der Waals surface area contributed by atoms with E-state index >= 15 is 0 Å². The smallest absolute Gasteiger partial charge is 0.329 e. The molecule has 1 aromatic carbocycles. The fourth-order valence-corrected chi connectivity index (χ4v) is 2.36. The third kappa shape index (κ3) is 2.94. The molecule has 0 radical (unpaired) electrons. The fourth-order valence-electron chi connectivity index (χ4n) is 2.11. The Kier molecular flexibility index (Phi) is 4.47. The number of aliphatic carboxylic acids is 1. The molecule has 2 rings (SSSR count). The van der Waals surface area contributed by atoms with Crippen molar-refractivity contribution in [2.24, 2.45) is 5.92 Å². The van der Waals surface area contributed by atoms with Gasteiger partial charge in [-0.05, 0) is 12.8 Å². The van der Waals surface area contributed by atoms with Crippen LogP contribution in [0.5, 0.6) is 5.75 Å². The van der Waals surface area contributed by atoms with Crippen molar-refractivity contribution in [2.45, 2.75) is 26.3 Å². The van der Waals surface area contributed by atoms with Crippen LogP contribution in [0.2, 0.25) is 5.15 Å². The van der Waals surface area contributed by atoms with E-state index < -0.39 is 17.4 Å². The predicted octanol–water partition coefficient (Wildman–Crippen LogP) is 2.82. The van der Waals surface area contributed by atoms with E-state index in [1.807, 2.05) is 0 Å². The van der Waals surface area contributed by atoms with E-state index in [1.165, 1.54) is 6.92 Å². The fraction of sp³-hybridized carbons (Fsp3) is 0.312. The highest BCUT2D eigenvalue weighted by atomic mass is 35.5. The monoisotopic (exact) mass is 336 g/mol. The summed E-state index contributed by atoms with van der Waals surface area (Å²) in [6, 6.07) is 6.69. The van der Waals surface area contributed by atoms with Gasteiger partial charge in [-0.3, -0.25) is 4.79 Å². The Morgan fingerprint density at radius 3 is 2.35 bits per heavy atom. The molecule has 0 unspecified atom stereocenters. The number of carboxylic acid groups (broad SMARTS) is 1. The van der Waals surface area contributed by atoms with Crippen LogP contribution in [0.15, 0.2) is 24.3 Å². The number of carbonyl (C=O) groups excluding carboxylic acids is 1. The van der Waals surface area contributed by atoms with Gasteiger partial charge in [-0.15, -0.1) is 0 Å². The zero-order valence-corrected chi connectivity index (χ0v) is 13.7. The van der Waals surface area contributed by atoms with E-state index in [-0.39, 0.29) is 22.5 Å². The summed E-state index contributed by atoms with van der Waals surface area (Å²) in [7, 11) is 0. The quantitative estimate of drug-likeness (QED) is 0.745. The summed E-state index contributed by atoms with van der Waals surface area (Å²) in [6.45, 7) is 4.75. The van der Waals surface area contributed by atoms with E-state index in [0.717, 1.165) is 0 Å². The normalized spacial score (nSPS) is 13.8. The van der Waals surface area contributed by atoms with Crippen LogP contribution in [-0.4, -0.2) is 32.6 Å². The molecular formula is C16H17ClN2O4. The largest absolute Gasteiger partial charge is 0.505 e. The molecule has 0 fully saturated rings. The molecule has 6 nitrogen and oxygen atoms in total. The van der Waals surface area contributed by atoms with Crippen LogP contribution in [-0.2, 0) is 4.79 Å². The van der Waals surface area contributed by atoms with Crippen LogP contribution in [0.4, 0.5) is 0 Å². The van der Waals surface area contributed by atoms with Crippen molar-refractivity contribution in [3.05, 3.63) is 35.1 Å². The summed E-state index contributed by atoms with van der Waals surface area (Å²) in [4.78, 5) is 27.8. The maximum Gasteiger partial charge on any atom is 0.329 e. The molecule has 23 heavy (non-hydrogen) atoms. The first-order valence-electron chi connectivity index (χ1n) is 7.01. The number of carbonyl (C=O) groups is 2. The number of amides is 1. The van der Waals surface area contributed by atoms with Crippen LogP contribution in [0.25, 0.3) is 10.8 Å². The number of carboxylic acids is 1. The molecule has 1 aromatic heterocycles. The van der Waals surface area contributed by atoms with Gasteiger partial charge in [0.05, 0.1) is 0 Å². The van der Waals surface area contributed by atoms with Crippen molar-refractivity contribution < 1.29 is 19.8 Å². The number of nitrogens with one attached hydrogen (secondary N) is 1. The number of fused-ring (bicyclic) bond motifs is 1. The van der Waals surface area contributed by atoms with Crippen LogP contribution in [0.1, 0.15) is 31.3 Å². The van der Waals surface area contributed by atoms with Crippen LogP contribution >= 0.6 is 11.6 Å². The van der Waals surface area contributed by atoms with E-state index in [0.29, 0.717) is 10.8 Å². The van der Waals surface area contributed by atoms with Crippen molar-refractivity contribution in [3.8, 4) is 5.75 Å². The van der Waals surface area contributed by atoms with E-state index in [1.54, 1.807) is 38.1 Å². The molecule has 1 heterocycles. The van der Waals surface area contributed by atoms with E-state index in [9.17, 15) is 19.8 Å². The zero-order chi connectivity index (χ0) is 17.4. The summed E-state index contributed by atoms with van der Waals surface area (Å²) in [5, 5.41) is 23.0. The van der Waals surface area contributed by atoms with Gasteiger partial charge < -0.3 is 15.5 Å². The van der Waals surface area contributed by atoms with Crippen molar-refractivity contribution in [2.75, 3.05) is 0 Å². The standard InChI is InChI=1S/C16H17ClN2O4/c1-8(2)16(3,15(22)23)19-14(21)11-12(20)9-6-4-5-7-10(9)13(17)18-11/h4-8,20H,1-3H3,(H,19,21)(H,22,23)/t16-/m0/s1. The molecule has 3 N–H and O–H groups in total. The van der Waals surface area contributed by atoms with Gasteiger partial charge in [-0.1, -0.05) is 49.7 Å². The highest BCUT2D eigenvalue weighted by Gasteiger charge is 2.39. The summed E-state index contributed by atoms with van der Waals surface area (Å²) in [5.41, 5.74) is -1.80. The first kappa shape index (κ1) is 17.0. The highest BCUT2D eigenvalue weighted by molar-refractivity contribution is 6.34. The first-order chi connectivity index (χ1) is 10.7. The number of halogens is 1. The number of benzene rings is 1. The van der Waals surface area contributed by atoms with Crippen molar-refractivity contribution in [1.29, 1.82) is 0 Å². The van der Waals surface area contributed by atoms with E-state index in [4.69, 9.17) is 11.6 Å². The number of hydrogen-bond acceptors (Lipinski definition) is 4. The lowest BCUT2D eigenvalue weighted by Crippen LogP contribution is -2.56. The number of aromatic hydroxyl groups is 1. The topological polar surface area (TPSA) is 99.5 Å². The second-order valence-corrected chi connectivity index (χ2v) is 6.12. The van der Waals surface area contributed by atoms with Crippen LogP contribution in [0.3, 0.4) is 0 Å². The van der Waals surface area contributed by atoms with Gasteiger partial charge >= 0.3 is 5.97 Å². The molecule has 0 aliphatic carbocycles. The van der Waals surface area contributed by atoms with Gasteiger partial charge in [-0.2, -0.15) is 0 Å². The average Bonchev–Trinajstić information content (AvgIpc) is 2.50. The van der Waals surface area contributed by atoms with Crippen molar-refractivity contribution >= 4 is 34.2 Å². The Balaban J connectivity index is 2.50. The van der Waals surface area contributed by atoms with Gasteiger partial charge in [0.15, 0.2) is 11.4 Å². The number of hydrogen-bond donors (Lipinski definition) is 3. The second kappa shape index (κ2) is 6.04. The molecule has 0 aliphatic rings. The molecular weight excluding hydrogens is 320 g/mol. The highest BCUT2D eigenvalue weighted by Crippen LogP contribution is 2.32. The number of pyridine rings is 1. The Labute approximate surface area is 138 Å².